The molecule has 0 bridgehead atoms. The summed E-state index contributed by atoms with van der Waals surface area (Å²) in [7, 11) is 0. The Morgan fingerprint density at radius 3 is 2.60 bits per heavy atom. The van der Waals surface area contributed by atoms with Crippen molar-refractivity contribution in [2.45, 2.75) is 71.8 Å². The first-order valence-electron chi connectivity index (χ1n) is 9.85. The molecule has 136 valence electrons. The van der Waals surface area contributed by atoms with E-state index in [1.807, 2.05) is 0 Å². The van der Waals surface area contributed by atoms with Crippen molar-refractivity contribution < 1.29 is 14.3 Å². The van der Waals surface area contributed by atoms with Gasteiger partial charge in [-0.15, -0.1) is 0 Å². The molecule has 0 aromatic carbocycles. The van der Waals surface area contributed by atoms with Crippen LogP contribution in [-0.2, 0) is 14.3 Å². The Balaban J connectivity index is 1.62. The van der Waals surface area contributed by atoms with Gasteiger partial charge in [-0.1, -0.05) is 32.1 Å². The molecule has 0 spiro atoms. The minimum absolute atomic E-state index is 0.0510. The second-order valence-electron chi connectivity index (χ2n) is 9.33. The van der Waals surface area contributed by atoms with Crippen molar-refractivity contribution in [1.29, 1.82) is 0 Å². The predicted molar refractivity (Wildman–Crippen MR) is 96.8 cm³/mol. The number of hydrogen-bond donors (Lipinski definition) is 0. The van der Waals surface area contributed by atoms with Crippen LogP contribution >= 0.6 is 0 Å². The number of fused-ring (bicyclic) bond motifs is 5. The number of allylic oxidation sites excluding steroid dienone is 2. The second kappa shape index (κ2) is 5.56. The number of carbonyl (C=O) groups is 2. The molecule has 0 saturated heterocycles. The topological polar surface area (TPSA) is 43.4 Å². The molecule has 0 aliphatic heterocycles. The maximum atomic E-state index is 12.7. The third-order valence-electron chi connectivity index (χ3n) is 8.09. The lowest BCUT2D eigenvalue weighted by Crippen LogP contribution is -2.50. The van der Waals surface area contributed by atoms with Gasteiger partial charge in [0.2, 0.25) is 0 Å². The van der Waals surface area contributed by atoms with Crippen molar-refractivity contribution in [1.82, 2.24) is 0 Å². The number of Topliss-reactive ketones (excluding diaryl/α,β-unsaturated/α-hetero) is 1. The molecule has 3 heteroatoms. The molecule has 0 aromatic heterocycles. The zero-order valence-electron chi connectivity index (χ0n) is 15.8. The fraction of sp³-hybridized carbons (Fsp3) is 0.727. The monoisotopic (exact) mass is 342 g/mol. The quantitative estimate of drug-likeness (QED) is 0.397. The number of esters is 1. The zero-order chi connectivity index (χ0) is 18.0. The van der Waals surface area contributed by atoms with Gasteiger partial charge in [0.15, 0.2) is 5.78 Å². The summed E-state index contributed by atoms with van der Waals surface area (Å²) in [6, 6.07) is 0. The van der Waals surface area contributed by atoms with Gasteiger partial charge in [-0.05, 0) is 67.3 Å². The van der Waals surface area contributed by atoms with Gasteiger partial charge in [0.05, 0.1) is 0 Å². The van der Waals surface area contributed by atoms with Crippen molar-refractivity contribution in [3.05, 3.63) is 23.8 Å². The molecule has 0 radical (unpaired) electrons. The van der Waals surface area contributed by atoms with Gasteiger partial charge in [0.25, 0.3) is 0 Å². The molecule has 3 nitrogen and oxygen atoms in total. The normalized spacial score (nSPS) is 46.0. The zero-order valence-corrected chi connectivity index (χ0v) is 15.8. The lowest BCUT2D eigenvalue weighted by molar-refractivity contribution is -0.148. The van der Waals surface area contributed by atoms with Crippen molar-refractivity contribution in [2.24, 2.45) is 28.6 Å². The highest BCUT2D eigenvalue weighted by molar-refractivity contribution is 6.02. The van der Waals surface area contributed by atoms with Gasteiger partial charge in [0.1, 0.15) is 6.10 Å². The van der Waals surface area contributed by atoms with E-state index in [1.54, 1.807) is 0 Å². The maximum absolute atomic E-state index is 12.7. The number of rotatable bonds is 1. The van der Waals surface area contributed by atoms with E-state index in [9.17, 15) is 9.59 Å². The third-order valence-corrected chi connectivity index (χ3v) is 8.09. The van der Waals surface area contributed by atoms with Gasteiger partial charge >= 0.3 is 5.97 Å². The Bertz CT molecular complexity index is 675. The van der Waals surface area contributed by atoms with Crippen LogP contribution in [0.2, 0.25) is 0 Å². The highest BCUT2D eigenvalue weighted by atomic mass is 16.5. The van der Waals surface area contributed by atoms with Crippen LogP contribution in [0.4, 0.5) is 0 Å². The van der Waals surface area contributed by atoms with E-state index in [2.05, 4.69) is 26.5 Å². The minimum Gasteiger partial charge on any atom is -0.462 e. The lowest BCUT2D eigenvalue weighted by Gasteiger charge is -2.56. The summed E-state index contributed by atoms with van der Waals surface area (Å²) >= 11 is 0. The van der Waals surface area contributed by atoms with E-state index < -0.39 is 0 Å². The van der Waals surface area contributed by atoms with Crippen molar-refractivity contribution in [3.63, 3.8) is 0 Å². The highest BCUT2D eigenvalue weighted by Crippen LogP contribution is 2.64. The number of carbonyl (C=O) groups excluding carboxylic acids is 2. The molecular weight excluding hydrogens is 312 g/mol. The molecule has 0 amide bonds. The average Bonchev–Trinajstić information content (AvgIpc) is 2.78. The highest BCUT2D eigenvalue weighted by Gasteiger charge is 2.59. The van der Waals surface area contributed by atoms with Gasteiger partial charge in [-0.2, -0.15) is 0 Å². The van der Waals surface area contributed by atoms with Crippen LogP contribution in [0.25, 0.3) is 0 Å². The van der Waals surface area contributed by atoms with Gasteiger partial charge in [0, 0.05) is 18.8 Å². The van der Waals surface area contributed by atoms with Crippen LogP contribution in [0.5, 0.6) is 0 Å². The van der Waals surface area contributed by atoms with Gasteiger partial charge in [-0.3, -0.25) is 9.59 Å². The molecule has 4 rings (SSSR count). The van der Waals surface area contributed by atoms with Crippen LogP contribution < -0.4 is 0 Å². The predicted octanol–water partition coefficient (Wildman–Crippen LogP) is 4.62. The van der Waals surface area contributed by atoms with E-state index in [0.29, 0.717) is 23.5 Å². The van der Waals surface area contributed by atoms with Crippen molar-refractivity contribution in [3.8, 4) is 0 Å². The van der Waals surface area contributed by atoms with E-state index >= 15 is 0 Å². The summed E-state index contributed by atoms with van der Waals surface area (Å²) in [5, 5.41) is 0. The standard InChI is InChI=1S/C22H30O3/c1-13-11-19-17-6-5-15-12-16(25-14(2)23)7-9-21(15,3)18(17)8-10-22(19,4)20(13)24/h5,16-19H,1,6-12H2,2-4H3/t16-,17+,18-,19-,21+,22+/m1/s1. The third kappa shape index (κ3) is 2.38. The lowest BCUT2D eigenvalue weighted by atomic mass is 9.48. The molecule has 4 aliphatic rings. The fourth-order valence-electron chi connectivity index (χ4n) is 6.70. The maximum Gasteiger partial charge on any atom is 0.302 e. The molecule has 3 fully saturated rings. The number of ether oxygens (including phenoxy) is 1. The fourth-order valence-corrected chi connectivity index (χ4v) is 6.70. The Morgan fingerprint density at radius 1 is 1.16 bits per heavy atom. The largest absolute Gasteiger partial charge is 0.462 e. The Labute approximate surface area is 150 Å². The SMILES string of the molecule is C=C1C[C@@H]2[C@H]3CC=C4C[C@H](OC(C)=O)CC[C@]4(C)[C@@H]3CC[C@]2(C)C1=O. The van der Waals surface area contributed by atoms with Gasteiger partial charge in [-0.25, -0.2) is 0 Å². The van der Waals surface area contributed by atoms with E-state index in [4.69, 9.17) is 4.74 Å². The number of hydrogen-bond acceptors (Lipinski definition) is 3. The summed E-state index contributed by atoms with van der Waals surface area (Å²) in [5.74, 6) is 1.88. The second-order valence-corrected chi connectivity index (χ2v) is 9.33. The molecule has 25 heavy (non-hydrogen) atoms. The Hall–Kier alpha value is -1.38. The molecule has 0 unspecified atom stereocenters. The minimum atomic E-state index is -0.172. The van der Waals surface area contributed by atoms with E-state index in [1.165, 1.54) is 12.5 Å². The first-order chi connectivity index (χ1) is 11.8. The van der Waals surface area contributed by atoms with E-state index in [0.717, 1.165) is 50.5 Å². The molecule has 3 saturated carbocycles. The van der Waals surface area contributed by atoms with Crippen molar-refractivity contribution >= 4 is 11.8 Å². The smallest absolute Gasteiger partial charge is 0.302 e. The summed E-state index contributed by atoms with van der Waals surface area (Å²) in [4.78, 5) is 24.0. The molecule has 0 N–H and O–H groups in total. The van der Waals surface area contributed by atoms with Crippen LogP contribution in [-0.4, -0.2) is 17.9 Å². The average molecular weight is 342 g/mol. The number of ketones is 1. The molecule has 4 aliphatic carbocycles. The summed E-state index contributed by atoms with van der Waals surface area (Å²) in [6.45, 7) is 10.2. The van der Waals surface area contributed by atoms with Crippen LogP contribution in [0, 0.1) is 28.6 Å². The molecule has 0 aromatic rings. The van der Waals surface area contributed by atoms with Crippen LogP contribution in [0.3, 0.4) is 0 Å². The summed E-state index contributed by atoms with van der Waals surface area (Å²) in [5.41, 5.74) is 2.40. The molecule has 0 heterocycles. The molecular formula is C22H30O3. The first-order valence-corrected chi connectivity index (χ1v) is 9.85. The van der Waals surface area contributed by atoms with Gasteiger partial charge < -0.3 is 4.74 Å². The summed E-state index contributed by atoms with van der Waals surface area (Å²) < 4.78 is 5.50. The van der Waals surface area contributed by atoms with E-state index in [-0.39, 0.29) is 22.9 Å². The Kier molecular flexibility index (Phi) is 3.79. The van der Waals surface area contributed by atoms with Crippen molar-refractivity contribution in [2.75, 3.05) is 0 Å². The van der Waals surface area contributed by atoms with Crippen LogP contribution in [0.1, 0.15) is 65.7 Å². The molecule has 6 atom stereocenters. The first kappa shape index (κ1) is 17.1. The van der Waals surface area contributed by atoms with Crippen LogP contribution in [0.15, 0.2) is 23.8 Å². The Morgan fingerprint density at radius 2 is 1.88 bits per heavy atom. The summed E-state index contributed by atoms with van der Waals surface area (Å²) in [6.07, 6.45) is 9.54.